The summed E-state index contributed by atoms with van der Waals surface area (Å²) in [6.07, 6.45) is -0.773. The molecule has 0 aromatic rings. The lowest BCUT2D eigenvalue weighted by Crippen LogP contribution is -2.09. The van der Waals surface area contributed by atoms with Crippen molar-refractivity contribution in [2.75, 3.05) is 6.61 Å². The highest BCUT2D eigenvalue weighted by molar-refractivity contribution is 5.97. The molecule has 7 heavy (non-hydrogen) atoms. The molecule has 1 radical (unpaired) electrons. The molecular formula is C3H2NO3. The third kappa shape index (κ3) is 0.677. The topological polar surface area (TPSA) is 57.5 Å². The number of hydrogen-bond acceptors (Lipinski definition) is 3. The first-order chi connectivity index (χ1) is 3.29. The second kappa shape index (κ2) is 1.22. The Morgan fingerprint density at radius 3 is 2.43 bits per heavy atom. The number of carbonyl (C=O) groups excluding carboxylic acids is 2. The quantitative estimate of drug-likeness (QED) is 0.403. The van der Waals surface area contributed by atoms with Crippen LogP contribution in [0.1, 0.15) is 0 Å². The van der Waals surface area contributed by atoms with Crippen LogP contribution in [0.3, 0.4) is 0 Å². The standard InChI is InChI=1S/C3H2NO3/c5-2-1-7-3(6)4-2/h1H2. The fourth-order valence-corrected chi connectivity index (χ4v) is 0.290. The fraction of sp³-hybridized carbons (Fsp3) is 0.333. The van der Waals surface area contributed by atoms with Crippen molar-refractivity contribution in [3.8, 4) is 0 Å². The maximum Gasteiger partial charge on any atom is 0.437 e. The third-order valence-corrected chi connectivity index (χ3v) is 0.535. The first-order valence-corrected chi connectivity index (χ1v) is 1.70. The molecule has 0 N–H and O–H groups in total. The van der Waals surface area contributed by atoms with Crippen molar-refractivity contribution < 1.29 is 14.3 Å². The van der Waals surface area contributed by atoms with E-state index < -0.39 is 12.0 Å². The molecule has 1 rings (SSSR count). The lowest BCUT2D eigenvalue weighted by atomic mass is 10.7. The molecule has 0 atom stereocenters. The Hall–Kier alpha value is -1.06. The lowest BCUT2D eigenvalue weighted by molar-refractivity contribution is -0.119. The van der Waals surface area contributed by atoms with E-state index in [1.54, 1.807) is 0 Å². The van der Waals surface area contributed by atoms with E-state index in [1.165, 1.54) is 0 Å². The van der Waals surface area contributed by atoms with Gasteiger partial charge in [0.1, 0.15) is 0 Å². The lowest BCUT2D eigenvalue weighted by Gasteiger charge is -1.76. The summed E-state index contributed by atoms with van der Waals surface area (Å²) in [5, 5.41) is 2.89. The van der Waals surface area contributed by atoms with E-state index in [0.717, 1.165) is 0 Å². The Labute approximate surface area is 39.4 Å². The number of nitrogens with zero attached hydrogens (tertiary/aromatic N) is 1. The van der Waals surface area contributed by atoms with Gasteiger partial charge in [0, 0.05) is 0 Å². The zero-order chi connectivity index (χ0) is 5.28. The molecule has 0 aromatic carbocycles. The number of cyclic esters (lactones) is 1. The number of carbonyl (C=O) groups is 2. The molecule has 2 amide bonds. The minimum Gasteiger partial charge on any atom is -0.438 e. The van der Waals surface area contributed by atoms with Gasteiger partial charge in [0.15, 0.2) is 6.61 Å². The van der Waals surface area contributed by atoms with Crippen molar-refractivity contribution in [1.82, 2.24) is 5.32 Å². The summed E-state index contributed by atoms with van der Waals surface area (Å²) >= 11 is 0. The summed E-state index contributed by atoms with van der Waals surface area (Å²) in [6, 6.07) is 0. The molecule has 1 aliphatic rings. The molecule has 1 heterocycles. The van der Waals surface area contributed by atoms with Gasteiger partial charge >= 0.3 is 6.09 Å². The monoisotopic (exact) mass is 100 g/mol. The van der Waals surface area contributed by atoms with Crippen LogP contribution in [0, 0.1) is 0 Å². The zero-order valence-corrected chi connectivity index (χ0v) is 3.38. The van der Waals surface area contributed by atoms with Gasteiger partial charge in [-0.2, -0.15) is 0 Å². The Morgan fingerprint density at radius 1 is 1.57 bits per heavy atom. The molecular weight excluding hydrogens is 98.0 g/mol. The molecule has 1 fully saturated rings. The van der Waals surface area contributed by atoms with Crippen molar-refractivity contribution in [2.24, 2.45) is 0 Å². The summed E-state index contributed by atoms with van der Waals surface area (Å²) in [7, 11) is 0. The van der Waals surface area contributed by atoms with Crippen LogP contribution in [0.2, 0.25) is 0 Å². The first-order valence-electron chi connectivity index (χ1n) is 1.70. The minimum atomic E-state index is -0.773. The molecule has 37 valence electrons. The van der Waals surface area contributed by atoms with E-state index in [9.17, 15) is 9.59 Å². The molecule has 0 aromatic heterocycles. The summed E-state index contributed by atoms with van der Waals surface area (Å²) in [5.74, 6) is -0.495. The largest absolute Gasteiger partial charge is 0.438 e. The maximum absolute atomic E-state index is 9.94. The van der Waals surface area contributed by atoms with Crippen LogP contribution in [0.5, 0.6) is 0 Å². The van der Waals surface area contributed by atoms with Crippen LogP contribution < -0.4 is 5.32 Å². The van der Waals surface area contributed by atoms with Crippen LogP contribution in [-0.4, -0.2) is 18.6 Å². The highest BCUT2D eigenvalue weighted by Gasteiger charge is 2.20. The van der Waals surface area contributed by atoms with E-state index in [2.05, 4.69) is 10.1 Å². The summed E-state index contributed by atoms with van der Waals surface area (Å²) in [4.78, 5) is 19.8. The minimum absolute atomic E-state index is 0.182. The number of imide groups is 1. The second-order valence-electron chi connectivity index (χ2n) is 1.06. The highest BCUT2D eigenvalue weighted by atomic mass is 16.6. The summed E-state index contributed by atoms with van der Waals surface area (Å²) in [5.41, 5.74) is 0. The Balaban J connectivity index is 2.55. The van der Waals surface area contributed by atoms with Gasteiger partial charge in [-0.3, -0.25) is 4.79 Å². The number of hydrogen-bond donors (Lipinski definition) is 0. The molecule has 0 bridgehead atoms. The van der Waals surface area contributed by atoms with E-state index in [0.29, 0.717) is 0 Å². The Bertz CT molecular complexity index is 105. The van der Waals surface area contributed by atoms with Crippen LogP contribution in [0.25, 0.3) is 0 Å². The number of rotatable bonds is 0. The van der Waals surface area contributed by atoms with Gasteiger partial charge in [0.2, 0.25) is 0 Å². The SMILES string of the molecule is O=C1COC(=O)[N]1. The average Bonchev–Trinajstić information content (AvgIpc) is 1.87. The molecule has 4 nitrogen and oxygen atoms in total. The van der Waals surface area contributed by atoms with Crippen LogP contribution in [-0.2, 0) is 9.53 Å². The number of ether oxygens (including phenoxy) is 1. The number of amides is 2. The molecule has 0 unspecified atom stereocenters. The predicted octanol–water partition coefficient (Wildman–Crippen LogP) is -0.732. The smallest absolute Gasteiger partial charge is 0.437 e. The maximum atomic E-state index is 9.94. The normalized spacial score (nSPS) is 18.9. The van der Waals surface area contributed by atoms with Gasteiger partial charge < -0.3 is 4.74 Å². The fourth-order valence-electron chi connectivity index (χ4n) is 0.290. The van der Waals surface area contributed by atoms with E-state index in [1.807, 2.05) is 0 Å². The van der Waals surface area contributed by atoms with Crippen LogP contribution in [0.15, 0.2) is 0 Å². The van der Waals surface area contributed by atoms with Crippen molar-refractivity contribution in [1.29, 1.82) is 0 Å². The molecule has 4 heteroatoms. The molecule has 1 saturated heterocycles. The van der Waals surface area contributed by atoms with Gasteiger partial charge in [-0.1, -0.05) is 0 Å². The molecule has 0 saturated carbocycles. The summed E-state index contributed by atoms with van der Waals surface area (Å²) < 4.78 is 4.11. The molecule has 0 spiro atoms. The van der Waals surface area contributed by atoms with Crippen LogP contribution in [0.4, 0.5) is 4.79 Å². The molecule has 0 aliphatic carbocycles. The third-order valence-electron chi connectivity index (χ3n) is 0.535. The van der Waals surface area contributed by atoms with Crippen molar-refractivity contribution in [3.63, 3.8) is 0 Å². The van der Waals surface area contributed by atoms with E-state index in [4.69, 9.17) is 0 Å². The van der Waals surface area contributed by atoms with Crippen molar-refractivity contribution in [3.05, 3.63) is 0 Å². The first kappa shape index (κ1) is 4.11. The van der Waals surface area contributed by atoms with Crippen molar-refractivity contribution in [2.45, 2.75) is 0 Å². The van der Waals surface area contributed by atoms with Crippen molar-refractivity contribution >= 4 is 12.0 Å². The van der Waals surface area contributed by atoms with Crippen LogP contribution >= 0.6 is 0 Å². The van der Waals surface area contributed by atoms with Gasteiger partial charge in [0.05, 0.1) is 0 Å². The van der Waals surface area contributed by atoms with Gasteiger partial charge in [-0.25, -0.2) is 4.79 Å². The highest BCUT2D eigenvalue weighted by Crippen LogP contribution is 1.88. The summed E-state index contributed by atoms with van der Waals surface area (Å²) in [6.45, 7) is -0.182. The average molecular weight is 100 g/mol. The Kier molecular flexibility index (Phi) is 0.714. The predicted molar refractivity (Wildman–Crippen MR) is 18.5 cm³/mol. The second-order valence-corrected chi connectivity index (χ2v) is 1.06. The van der Waals surface area contributed by atoms with Gasteiger partial charge in [-0.05, 0) is 0 Å². The zero-order valence-electron chi connectivity index (χ0n) is 3.38. The van der Waals surface area contributed by atoms with Gasteiger partial charge in [-0.15, -0.1) is 5.32 Å². The molecule has 1 aliphatic heterocycles. The Morgan fingerprint density at radius 2 is 2.29 bits per heavy atom. The van der Waals surface area contributed by atoms with E-state index >= 15 is 0 Å². The van der Waals surface area contributed by atoms with Gasteiger partial charge in [0.25, 0.3) is 5.91 Å². The van der Waals surface area contributed by atoms with E-state index in [-0.39, 0.29) is 6.61 Å².